The number of rotatable bonds is 3. The summed E-state index contributed by atoms with van der Waals surface area (Å²) in [5, 5.41) is 4.86. The van der Waals surface area contributed by atoms with Gasteiger partial charge in [0.15, 0.2) is 0 Å². The molecule has 2 aromatic rings. The maximum atomic E-state index is 5.88. The van der Waals surface area contributed by atoms with Gasteiger partial charge in [-0.25, -0.2) is 0 Å². The summed E-state index contributed by atoms with van der Waals surface area (Å²) in [5.74, 6) is 0. The van der Waals surface area contributed by atoms with Crippen molar-refractivity contribution in [1.82, 2.24) is 0 Å². The molecule has 0 aliphatic rings. The SMILES string of the molecule is Cc1ccc(N/N=C/c2cccc(Cl)c2)cc1. The number of halogens is 1. The van der Waals surface area contributed by atoms with Gasteiger partial charge in [0, 0.05) is 5.02 Å². The van der Waals surface area contributed by atoms with Gasteiger partial charge < -0.3 is 0 Å². The molecule has 0 saturated heterocycles. The molecule has 86 valence electrons. The van der Waals surface area contributed by atoms with Crippen LogP contribution in [-0.4, -0.2) is 6.21 Å². The highest BCUT2D eigenvalue weighted by atomic mass is 35.5. The lowest BCUT2D eigenvalue weighted by Gasteiger charge is -2.00. The zero-order valence-electron chi connectivity index (χ0n) is 9.52. The third-order valence-electron chi connectivity index (χ3n) is 2.31. The summed E-state index contributed by atoms with van der Waals surface area (Å²) in [6, 6.07) is 15.6. The summed E-state index contributed by atoms with van der Waals surface area (Å²) < 4.78 is 0. The fourth-order valence-corrected chi connectivity index (χ4v) is 1.60. The molecule has 0 bridgehead atoms. The van der Waals surface area contributed by atoms with Crippen LogP contribution in [0, 0.1) is 6.92 Å². The summed E-state index contributed by atoms with van der Waals surface area (Å²) in [5.41, 5.74) is 6.13. The zero-order valence-corrected chi connectivity index (χ0v) is 10.3. The molecule has 2 aromatic carbocycles. The maximum Gasteiger partial charge on any atom is 0.0561 e. The molecule has 0 fully saturated rings. The van der Waals surface area contributed by atoms with Crippen molar-refractivity contribution in [3.8, 4) is 0 Å². The van der Waals surface area contributed by atoms with Crippen molar-refractivity contribution in [2.24, 2.45) is 5.10 Å². The summed E-state index contributed by atoms with van der Waals surface area (Å²) in [6.07, 6.45) is 1.74. The van der Waals surface area contributed by atoms with Crippen molar-refractivity contribution in [2.75, 3.05) is 5.43 Å². The second-order valence-corrected chi connectivity index (χ2v) is 4.23. The van der Waals surface area contributed by atoms with Gasteiger partial charge in [-0.2, -0.15) is 5.10 Å². The molecule has 0 spiro atoms. The van der Waals surface area contributed by atoms with Gasteiger partial charge in [0.05, 0.1) is 11.9 Å². The van der Waals surface area contributed by atoms with E-state index in [9.17, 15) is 0 Å². The van der Waals surface area contributed by atoms with Crippen molar-refractivity contribution >= 4 is 23.5 Å². The van der Waals surface area contributed by atoms with Crippen LogP contribution in [0.25, 0.3) is 0 Å². The van der Waals surface area contributed by atoms with Crippen LogP contribution in [0.1, 0.15) is 11.1 Å². The highest BCUT2D eigenvalue weighted by molar-refractivity contribution is 6.30. The summed E-state index contributed by atoms with van der Waals surface area (Å²) >= 11 is 5.88. The van der Waals surface area contributed by atoms with Crippen LogP contribution in [0.3, 0.4) is 0 Å². The lowest BCUT2D eigenvalue weighted by atomic mass is 10.2. The van der Waals surface area contributed by atoms with Crippen LogP contribution in [0.5, 0.6) is 0 Å². The number of hydrogen-bond donors (Lipinski definition) is 1. The number of benzene rings is 2. The van der Waals surface area contributed by atoms with Gasteiger partial charge in [-0.05, 0) is 36.8 Å². The van der Waals surface area contributed by atoms with E-state index in [1.54, 1.807) is 6.21 Å². The van der Waals surface area contributed by atoms with Crippen LogP contribution in [0.15, 0.2) is 53.6 Å². The van der Waals surface area contributed by atoms with E-state index in [0.717, 1.165) is 11.3 Å². The van der Waals surface area contributed by atoms with Crippen LogP contribution >= 0.6 is 11.6 Å². The lowest BCUT2D eigenvalue weighted by Crippen LogP contribution is -1.90. The van der Waals surface area contributed by atoms with E-state index in [2.05, 4.69) is 17.5 Å². The van der Waals surface area contributed by atoms with Crippen molar-refractivity contribution in [3.05, 3.63) is 64.7 Å². The first kappa shape index (κ1) is 11.7. The van der Waals surface area contributed by atoms with E-state index in [0.29, 0.717) is 5.02 Å². The molecule has 0 unspecified atom stereocenters. The second-order valence-electron chi connectivity index (χ2n) is 3.79. The minimum absolute atomic E-state index is 0.712. The number of hydrazone groups is 1. The Hall–Kier alpha value is -1.80. The number of nitrogens with zero attached hydrogens (tertiary/aromatic N) is 1. The van der Waals surface area contributed by atoms with Gasteiger partial charge in [0.2, 0.25) is 0 Å². The van der Waals surface area contributed by atoms with E-state index in [4.69, 9.17) is 11.6 Å². The van der Waals surface area contributed by atoms with Crippen molar-refractivity contribution in [3.63, 3.8) is 0 Å². The monoisotopic (exact) mass is 244 g/mol. The Bertz CT molecular complexity index is 518. The summed E-state index contributed by atoms with van der Waals surface area (Å²) in [7, 11) is 0. The fraction of sp³-hybridized carbons (Fsp3) is 0.0714. The zero-order chi connectivity index (χ0) is 12.1. The highest BCUT2D eigenvalue weighted by Gasteiger charge is 1.90. The minimum Gasteiger partial charge on any atom is -0.279 e. The molecule has 2 rings (SSSR count). The van der Waals surface area contributed by atoms with Gasteiger partial charge in [-0.3, -0.25) is 5.43 Å². The van der Waals surface area contributed by atoms with E-state index in [-0.39, 0.29) is 0 Å². The Morgan fingerprint density at radius 2 is 1.88 bits per heavy atom. The topological polar surface area (TPSA) is 24.4 Å². The standard InChI is InChI=1S/C14H13ClN2/c1-11-5-7-14(8-6-11)17-16-10-12-3-2-4-13(15)9-12/h2-10,17H,1H3/b16-10+. The number of aryl methyl sites for hydroxylation is 1. The van der Waals surface area contributed by atoms with Crippen LogP contribution in [0.4, 0.5) is 5.69 Å². The minimum atomic E-state index is 0.712. The molecule has 1 N–H and O–H groups in total. The van der Waals surface area contributed by atoms with Gasteiger partial charge >= 0.3 is 0 Å². The van der Waals surface area contributed by atoms with Crippen LogP contribution < -0.4 is 5.43 Å². The van der Waals surface area contributed by atoms with E-state index >= 15 is 0 Å². The van der Waals surface area contributed by atoms with Gasteiger partial charge in [0.25, 0.3) is 0 Å². The first-order valence-corrected chi connectivity index (χ1v) is 5.73. The van der Waals surface area contributed by atoms with Gasteiger partial charge in [-0.1, -0.05) is 41.4 Å². The molecule has 0 aliphatic heterocycles. The molecule has 0 radical (unpaired) electrons. The molecule has 0 aromatic heterocycles. The predicted octanol–water partition coefficient (Wildman–Crippen LogP) is 4.09. The average Bonchev–Trinajstić information content (AvgIpc) is 2.32. The maximum absolute atomic E-state index is 5.88. The Morgan fingerprint density at radius 3 is 2.59 bits per heavy atom. The Kier molecular flexibility index (Phi) is 3.78. The number of nitrogens with one attached hydrogen (secondary N) is 1. The fourth-order valence-electron chi connectivity index (χ4n) is 1.40. The molecule has 0 aliphatic carbocycles. The lowest BCUT2D eigenvalue weighted by molar-refractivity contribution is 1.34. The van der Waals surface area contributed by atoms with Crippen LogP contribution in [0.2, 0.25) is 5.02 Å². The molecule has 0 amide bonds. The normalized spacial score (nSPS) is 10.7. The molecular formula is C14H13ClN2. The van der Waals surface area contributed by atoms with E-state index in [1.807, 2.05) is 48.5 Å². The molecular weight excluding hydrogens is 232 g/mol. The van der Waals surface area contributed by atoms with Crippen molar-refractivity contribution in [1.29, 1.82) is 0 Å². The Morgan fingerprint density at radius 1 is 1.12 bits per heavy atom. The van der Waals surface area contributed by atoms with Crippen LogP contribution in [-0.2, 0) is 0 Å². The van der Waals surface area contributed by atoms with Crippen molar-refractivity contribution in [2.45, 2.75) is 6.92 Å². The second kappa shape index (κ2) is 5.51. The third-order valence-corrected chi connectivity index (χ3v) is 2.54. The molecule has 0 saturated carbocycles. The number of hydrogen-bond acceptors (Lipinski definition) is 2. The summed E-state index contributed by atoms with van der Waals surface area (Å²) in [4.78, 5) is 0. The quantitative estimate of drug-likeness (QED) is 0.638. The molecule has 17 heavy (non-hydrogen) atoms. The van der Waals surface area contributed by atoms with Gasteiger partial charge in [0.1, 0.15) is 0 Å². The van der Waals surface area contributed by atoms with E-state index in [1.165, 1.54) is 5.56 Å². The number of anilines is 1. The molecule has 0 heterocycles. The Balaban J connectivity index is 2.00. The summed E-state index contributed by atoms with van der Waals surface area (Å²) in [6.45, 7) is 2.05. The average molecular weight is 245 g/mol. The smallest absolute Gasteiger partial charge is 0.0561 e. The molecule has 0 atom stereocenters. The van der Waals surface area contributed by atoms with Crippen molar-refractivity contribution < 1.29 is 0 Å². The first-order chi connectivity index (χ1) is 8.24. The highest BCUT2D eigenvalue weighted by Crippen LogP contribution is 2.10. The van der Waals surface area contributed by atoms with E-state index < -0.39 is 0 Å². The largest absolute Gasteiger partial charge is 0.279 e. The van der Waals surface area contributed by atoms with Gasteiger partial charge in [-0.15, -0.1) is 0 Å². The third kappa shape index (κ3) is 3.61. The molecule has 2 nitrogen and oxygen atoms in total. The molecule has 3 heteroatoms. The first-order valence-electron chi connectivity index (χ1n) is 5.35. The predicted molar refractivity (Wildman–Crippen MR) is 73.8 cm³/mol. The Labute approximate surface area is 106 Å².